The van der Waals surface area contributed by atoms with Crippen molar-refractivity contribution in [2.45, 2.75) is 26.3 Å². The lowest BCUT2D eigenvalue weighted by atomic mass is 10.2. The number of nitrogens with one attached hydrogen (secondary N) is 1. The number of ether oxygens (including phenoxy) is 1. The van der Waals surface area contributed by atoms with Gasteiger partial charge in [-0.25, -0.2) is 4.98 Å². The fourth-order valence-corrected chi connectivity index (χ4v) is 3.64. The van der Waals surface area contributed by atoms with Gasteiger partial charge in [-0.15, -0.1) is 11.3 Å². The minimum Gasteiger partial charge on any atom is -0.497 e. The van der Waals surface area contributed by atoms with Crippen LogP contribution in [0.2, 0.25) is 0 Å². The van der Waals surface area contributed by atoms with E-state index in [2.05, 4.69) is 17.2 Å². The highest BCUT2D eigenvalue weighted by atomic mass is 32.1. The summed E-state index contributed by atoms with van der Waals surface area (Å²) in [6, 6.07) is 9.56. The molecule has 26 heavy (non-hydrogen) atoms. The SMILES string of the molecule is CCCCNC(=O)Cn1cnc2cc(-c3ccc(OC)cc3)sc2c1=O. The van der Waals surface area contributed by atoms with Gasteiger partial charge in [0.2, 0.25) is 5.91 Å². The van der Waals surface area contributed by atoms with Crippen LogP contribution in [0.15, 0.2) is 41.5 Å². The second-order valence-electron chi connectivity index (χ2n) is 5.93. The highest BCUT2D eigenvalue weighted by Crippen LogP contribution is 2.31. The number of hydrogen-bond donors (Lipinski definition) is 1. The fraction of sp³-hybridized carbons (Fsp3) is 0.316. The van der Waals surface area contributed by atoms with Crippen molar-refractivity contribution in [3.8, 4) is 16.2 Å². The van der Waals surface area contributed by atoms with Crippen molar-refractivity contribution in [2.75, 3.05) is 13.7 Å². The van der Waals surface area contributed by atoms with Crippen molar-refractivity contribution in [1.29, 1.82) is 0 Å². The number of hydrogen-bond acceptors (Lipinski definition) is 5. The van der Waals surface area contributed by atoms with Gasteiger partial charge in [0.15, 0.2) is 0 Å². The van der Waals surface area contributed by atoms with Crippen LogP contribution in [0.3, 0.4) is 0 Å². The molecule has 6 nitrogen and oxygen atoms in total. The average molecular weight is 371 g/mol. The predicted molar refractivity (Wildman–Crippen MR) is 104 cm³/mol. The van der Waals surface area contributed by atoms with Crippen LogP contribution >= 0.6 is 11.3 Å². The largest absolute Gasteiger partial charge is 0.497 e. The van der Waals surface area contributed by atoms with Gasteiger partial charge in [-0.3, -0.25) is 14.2 Å². The van der Waals surface area contributed by atoms with Crippen LogP contribution in [0.25, 0.3) is 20.7 Å². The summed E-state index contributed by atoms with van der Waals surface area (Å²) >= 11 is 1.38. The van der Waals surface area contributed by atoms with E-state index < -0.39 is 0 Å². The van der Waals surface area contributed by atoms with Crippen LogP contribution in [0.4, 0.5) is 0 Å². The molecule has 136 valence electrons. The van der Waals surface area contributed by atoms with Crippen molar-refractivity contribution in [2.24, 2.45) is 0 Å². The van der Waals surface area contributed by atoms with Crippen LogP contribution in [0, 0.1) is 0 Å². The maximum absolute atomic E-state index is 12.7. The van der Waals surface area contributed by atoms with Gasteiger partial charge < -0.3 is 10.1 Å². The van der Waals surface area contributed by atoms with E-state index in [0.717, 1.165) is 29.0 Å². The van der Waals surface area contributed by atoms with E-state index in [1.165, 1.54) is 22.2 Å². The van der Waals surface area contributed by atoms with Gasteiger partial charge >= 0.3 is 0 Å². The quantitative estimate of drug-likeness (QED) is 0.648. The second kappa shape index (κ2) is 8.14. The molecule has 2 heterocycles. The third kappa shape index (κ3) is 3.94. The molecule has 0 radical (unpaired) electrons. The lowest BCUT2D eigenvalue weighted by Gasteiger charge is -2.06. The Balaban J connectivity index is 1.84. The normalized spacial score (nSPS) is 10.8. The number of fused-ring (bicyclic) bond motifs is 1. The van der Waals surface area contributed by atoms with Crippen molar-refractivity contribution in [3.63, 3.8) is 0 Å². The maximum Gasteiger partial charge on any atom is 0.271 e. The summed E-state index contributed by atoms with van der Waals surface area (Å²) in [6.45, 7) is 2.67. The third-order valence-electron chi connectivity index (χ3n) is 4.04. The van der Waals surface area contributed by atoms with Crippen LogP contribution in [-0.2, 0) is 11.3 Å². The molecule has 0 atom stereocenters. The van der Waals surface area contributed by atoms with Crippen LogP contribution in [0.1, 0.15) is 19.8 Å². The lowest BCUT2D eigenvalue weighted by molar-refractivity contribution is -0.121. The van der Waals surface area contributed by atoms with Gasteiger partial charge in [0, 0.05) is 11.4 Å². The van der Waals surface area contributed by atoms with Crippen LogP contribution < -0.4 is 15.6 Å². The first-order chi connectivity index (χ1) is 12.6. The number of nitrogens with zero attached hydrogens (tertiary/aromatic N) is 2. The molecule has 0 saturated carbocycles. The summed E-state index contributed by atoms with van der Waals surface area (Å²) in [6.07, 6.45) is 3.37. The highest BCUT2D eigenvalue weighted by molar-refractivity contribution is 7.22. The topological polar surface area (TPSA) is 73.2 Å². The zero-order valence-electron chi connectivity index (χ0n) is 14.8. The van der Waals surface area contributed by atoms with E-state index in [0.29, 0.717) is 16.8 Å². The molecule has 0 saturated heterocycles. The number of amides is 1. The Kier molecular flexibility index (Phi) is 5.68. The van der Waals surface area contributed by atoms with Crippen molar-refractivity contribution in [3.05, 3.63) is 47.0 Å². The number of rotatable bonds is 7. The first-order valence-electron chi connectivity index (χ1n) is 8.52. The molecule has 1 aromatic carbocycles. The Morgan fingerprint density at radius 1 is 1.31 bits per heavy atom. The Morgan fingerprint density at radius 2 is 2.08 bits per heavy atom. The van der Waals surface area contributed by atoms with E-state index >= 15 is 0 Å². The molecule has 0 spiro atoms. The average Bonchev–Trinajstić information content (AvgIpc) is 3.09. The van der Waals surface area contributed by atoms with Crippen LogP contribution in [-0.4, -0.2) is 29.1 Å². The molecule has 1 amide bonds. The van der Waals surface area contributed by atoms with E-state index in [-0.39, 0.29) is 18.0 Å². The molecule has 0 aliphatic heterocycles. The monoisotopic (exact) mass is 371 g/mol. The van der Waals surface area contributed by atoms with Gasteiger partial charge in [0.25, 0.3) is 5.56 Å². The molecule has 0 fully saturated rings. The minimum absolute atomic E-state index is 0.0126. The lowest BCUT2D eigenvalue weighted by Crippen LogP contribution is -2.32. The van der Waals surface area contributed by atoms with Gasteiger partial charge in [-0.1, -0.05) is 13.3 Å². The van der Waals surface area contributed by atoms with Gasteiger partial charge in [0.05, 0.1) is 19.0 Å². The molecular formula is C19H21N3O3S. The van der Waals surface area contributed by atoms with Gasteiger partial charge in [-0.2, -0.15) is 0 Å². The number of carbonyl (C=O) groups is 1. The second-order valence-corrected chi connectivity index (χ2v) is 6.99. The van der Waals surface area contributed by atoms with E-state index in [9.17, 15) is 9.59 Å². The number of benzene rings is 1. The van der Waals surface area contributed by atoms with Gasteiger partial charge in [-0.05, 0) is 42.3 Å². The highest BCUT2D eigenvalue weighted by Gasteiger charge is 2.12. The number of methoxy groups -OCH3 is 1. The summed E-state index contributed by atoms with van der Waals surface area (Å²) in [5.74, 6) is 0.609. The standard InChI is InChI=1S/C19H21N3O3S/c1-3-4-9-20-17(23)11-22-12-21-15-10-16(26-18(15)19(22)24)13-5-7-14(25-2)8-6-13/h5-8,10,12H,3-4,9,11H2,1-2H3,(H,20,23). The zero-order chi connectivity index (χ0) is 18.5. The predicted octanol–water partition coefficient (Wildman–Crippen LogP) is 3.05. The molecule has 0 unspecified atom stereocenters. The summed E-state index contributed by atoms with van der Waals surface area (Å²) in [7, 11) is 1.62. The molecule has 2 aromatic heterocycles. The number of carbonyl (C=O) groups excluding carboxylic acids is 1. The minimum atomic E-state index is -0.189. The summed E-state index contributed by atoms with van der Waals surface area (Å²) < 4.78 is 7.09. The van der Waals surface area contributed by atoms with Crippen molar-refractivity contribution < 1.29 is 9.53 Å². The molecule has 3 rings (SSSR count). The molecule has 1 N–H and O–H groups in total. The third-order valence-corrected chi connectivity index (χ3v) is 5.21. The zero-order valence-corrected chi connectivity index (χ0v) is 15.6. The molecular weight excluding hydrogens is 350 g/mol. The summed E-state index contributed by atoms with van der Waals surface area (Å²) in [5.41, 5.74) is 1.45. The Labute approximate surface area is 155 Å². The summed E-state index contributed by atoms with van der Waals surface area (Å²) in [4.78, 5) is 29.9. The van der Waals surface area contributed by atoms with E-state index in [4.69, 9.17) is 4.74 Å². The number of unbranched alkanes of at least 4 members (excludes halogenated alkanes) is 1. The Bertz CT molecular complexity index is 960. The van der Waals surface area contributed by atoms with Crippen molar-refractivity contribution in [1.82, 2.24) is 14.9 Å². The number of thiophene rings is 1. The van der Waals surface area contributed by atoms with E-state index in [1.807, 2.05) is 30.3 Å². The smallest absolute Gasteiger partial charge is 0.271 e. The first kappa shape index (κ1) is 18.1. The van der Waals surface area contributed by atoms with Crippen molar-refractivity contribution >= 4 is 27.5 Å². The Hall–Kier alpha value is -2.67. The molecule has 3 aromatic rings. The molecule has 0 aliphatic carbocycles. The molecule has 0 aliphatic rings. The molecule has 7 heteroatoms. The van der Waals surface area contributed by atoms with E-state index in [1.54, 1.807) is 7.11 Å². The van der Waals surface area contributed by atoms with Gasteiger partial charge in [0.1, 0.15) is 17.0 Å². The number of aromatic nitrogens is 2. The fourth-order valence-electron chi connectivity index (χ4n) is 2.57. The first-order valence-corrected chi connectivity index (χ1v) is 9.34. The van der Waals surface area contributed by atoms with Crippen LogP contribution in [0.5, 0.6) is 5.75 Å². The maximum atomic E-state index is 12.7. The Morgan fingerprint density at radius 3 is 2.77 bits per heavy atom. The molecule has 0 bridgehead atoms. The summed E-state index contributed by atoms with van der Waals surface area (Å²) in [5, 5.41) is 2.81.